The highest BCUT2D eigenvalue weighted by molar-refractivity contribution is 6.05. The summed E-state index contributed by atoms with van der Waals surface area (Å²) >= 11 is 0. The van der Waals surface area contributed by atoms with E-state index in [4.69, 9.17) is 9.47 Å². The monoisotopic (exact) mass is 282 g/mol. The van der Waals surface area contributed by atoms with E-state index in [9.17, 15) is 4.79 Å². The summed E-state index contributed by atoms with van der Waals surface area (Å²) in [5.41, 5.74) is 1.89. The zero-order valence-electron chi connectivity index (χ0n) is 11.7. The second-order valence-electron chi connectivity index (χ2n) is 4.45. The van der Waals surface area contributed by atoms with Crippen LogP contribution < -0.4 is 9.47 Å². The molecule has 2 aromatic carbocycles. The lowest BCUT2D eigenvalue weighted by atomic mass is 10.1. The third-order valence-electron chi connectivity index (χ3n) is 3.31. The number of aromatic nitrogens is 2. The number of methoxy groups -OCH3 is 2. The summed E-state index contributed by atoms with van der Waals surface area (Å²) in [6, 6.07) is 12.7. The number of hydrogen-bond acceptors (Lipinski definition) is 4. The fourth-order valence-corrected chi connectivity index (χ4v) is 2.30. The average molecular weight is 282 g/mol. The Hall–Kier alpha value is -2.82. The van der Waals surface area contributed by atoms with E-state index in [0.29, 0.717) is 17.1 Å². The van der Waals surface area contributed by atoms with Crippen LogP contribution in [0.1, 0.15) is 10.4 Å². The Bertz CT molecular complexity index is 786. The molecular weight excluding hydrogens is 268 g/mol. The van der Waals surface area contributed by atoms with Crippen molar-refractivity contribution in [3.8, 4) is 11.5 Å². The van der Waals surface area contributed by atoms with Gasteiger partial charge in [-0.15, -0.1) is 0 Å². The lowest BCUT2D eigenvalue weighted by Crippen LogP contribution is -2.13. The van der Waals surface area contributed by atoms with Gasteiger partial charge in [0.25, 0.3) is 5.91 Å². The molecule has 0 saturated carbocycles. The van der Waals surface area contributed by atoms with Crippen molar-refractivity contribution in [3.63, 3.8) is 0 Å². The molecule has 5 heteroatoms. The SMILES string of the molecule is COc1cccc(OC)c1C(=O)n1cnc2ccccc21. The molecule has 0 N–H and O–H groups in total. The highest BCUT2D eigenvalue weighted by atomic mass is 16.5. The van der Waals surface area contributed by atoms with Crippen LogP contribution in [0.4, 0.5) is 0 Å². The van der Waals surface area contributed by atoms with Gasteiger partial charge in [-0.3, -0.25) is 9.36 Å². The van der Waals surface area contributed by atoms with Crippen LogP contribution >= 0.6 is 0 Å². The summed E-state index contributed by atoms with van der Waals surface area (Å²) < 4.78 is 12.1. The van der Waals surface area contributed by atoms with Crippen LogP contribution in [-0.2, 0) is 0 Å². The third-order valence-corrected chi connectivity index (χ3v) is 3.31. The predicted octanol–water partition coefficient (Wildman–Crippen LogP) is 2.74. The van der Waals surface area contributed by atoms with Crippen LogP contribution in [0.2, 0.25) is 0 Å². The maximum Gasteiger partial charge on any atom is 0.271 e. The average Bonchev–Trinajstić information content (AvgIpc) is 2.97. The van der Waals surface area contributed by atoms with Crippen molar-refractivity contribution in [1.82, 2.24) is 9.55 Å². The number of nitrogens with zero attached hydrogens (tertiary/aromatic N) is 2. The molecule has 0 bridgehead atoms. The van der Waals surface area contributed by atoms with Crippen LogP contribution in [0.5, 0.6) is 11.5 Å². The number of hydrogen-bond donors (Lipinski definition) is 0. The van der Waals surface area contributed by atoms with E-state index in [-0.39, 0.29) is 5.91 Å². The van der Waals surface area contributed by atoms with Crippen molar-refractivity contribution in [2.45, 2.75) is 0 Å². The Morgan fingerprint density at radius 3 is 2.33 bits per heavy atom. The Morgan fingerprint density at radius 1 is 1.00 bits per heavy atom. The van der Waals surface area contributed by atoms with Crippen molar-refractivity contribution >= 4 is 16.9 Å². The highest BCUT2D eigenvalue weighted by Crippen LogP contribution is 2.29. The Morgan fingerprint density at radius 2 is 1.67 bits per heavy atom. The van der Waals surface area contributed by atoms with Crippen LogP contribution in [0.25, 0.3) is 11.0 Å². The lowest BCUT2D eigenvalue weighted by Gasteiger charge is -2.12. The molecule has 0 aliphatic carbocycles. The van der Waals surface area contributed by atoms with Crippen LogP contribution in [0.3, 0.4) is 0 Å². The molecule has 21 heavy (non-hydrogen) atoms. The molecule has 0 amide bonds. The molecule has 0 aliphatic rings. The normalized spacial score (nSPS) is 10.6. The zero-order chi connectivity index (χ0) is 14.8. The van der Waals surface area contributed by atoms with Crippen molar-refractivity contribution < 1.29 is 14.3 Å². The summed E-state index contributed by atoms with van der Waals surface area (Å²) in [6.45, 7) is 0. The van der Waals surface area contributed by atoms with E-state index >= 15 is 0 Å². The summed E-state index contributed by atoms with van der Waals surface area (Å²) in [5, 5.41) is 0. The Kier molecular flexibility index (Phi) is 3.31. The molecule has 1 aromatic heterocycles. The summed E-state index contributed by atoms with van der Waals surface area (Å²) in [7, 11) is 3.05. The zero-order valence-corrected chi connectivity index (χ0v) is 11.7. The summed E-state index contributed by atoms with van der Waals surface area (Å²) in [4.78, 5) is 17.1. The molecule has 0 saturated heterocycles. The molecule has 0 spiro atoms. The van der Waals surface area contributed by atoms with Crippen LogP contribution in [0.15, 0.2) is 48.8 Å². The van der Waals surface area contributed by atoms with Crippen LogP contribution in [-0.4, -0.2) is 29.7 Å². The number of rotatable bonds is 3. The highest BCUT2D eigenvalue weighted by Gasteiger charge is 2.21. The second-order valence-corrected chi connectivity index (χ2v) is 4.45. The van der Waals surface area contributed by atoms with Gasteiger partial charge in [0.15, 0.2) is 0 Å². The number of imidazole rings is 1. The maximum absolute atomic E-state index is 12.8. The minimum absolute atomic E-state index is 0.238. The van der Waals surface area contributed by atoms with Gasteiger partial charge in [0.05, 0.1) is 25.3 Å². The molecule has 0 aliphatic heterocycles. The number of fused-ring (bicyclic) bond motifs is 1. The number of carbonyl (C=O) groups is 1. The van der Waals surface area contributed by atoms with Gasteiger partial charge in [-0.1, -0.05) is 18.2 Å². The largest absolute Gasteiger partial charge is 0.496 e. The molecular formula is C16H14N2O3. The quantitative estimate of drug-likeness (QED) is 0.741. The van der Waals surface area contributed by atoms with Gasteiger partial charge in [-0.25, -0.2) is 4.98 Å². The van der Waals surface area contributed by atoms with Crippen molar-refractivity contribution in [2.24, 2.45) is 0 Å². The summed E-state index contributed by atoms with van der Waals surface area (Å²) in [6.07, 6.45) is 1.51. The number of para-hydroxylation sites is 2. The van der Waals surface area contributed by atoms with E-state index in [1.54, 1.807) is 18.2 Å². The van der Waals surface area contributed by atoms with Crippen molar-refractivity contribution in [2.75, 3.05) is 14.2 Å². The molecule has 0 fully saturated rings. The van der Waals surface area contributed by atoms with E-state index in [1.165, 1.54) is 25.1 Å². The van der Waals surface area contributed by atoms with Crippen LogP contribution in [0, 0.1) is 0 Å². The molecule has 3 rings (SSSR count). The maximum atomic E-state index is 12.8. The van der Waals surface area contributed by atoms with E-state index in [2.05, 4.69) is 4.98 Å². The molecule has 3 aromatic rings. The molecule has 106 valence electrons. The number of benzene rings is 2. The third kappa shape index (κ3) is 2.12. The molecule has 0 unspecified atom stereocenters. The molecule has 5 nitrogen and oxygen atoms in total. The molecule has 0 atom stereocenters. The van der Waals surface area contributed by atoms with E-state index in [0.717, 1.165) is 11.0 Å². The first-order valence-electron chi connectivity index (χ1n) is 6.44. The van der Waals surface area contributed by atoms with E-state index in [1.807, 2.05) is 24.3 Å². The van der Waals surface area contributed by atoms with E-state index < -0.39 is 0 Å². The topological polar surface area (TPSA) is 53.4 Å². The van der Waals surface area contributed by atoms with Crippen molar-refractivity contribution in [1.29, 1.82) is 0 Å². The fourth-order valence-electron chi connectivity index (χ4n) is 2.30. The van der Waals surface area contributed by atoms with Gasteiger partial charge in [0.1, 0.15) is 23.4 Å². The standard InChI is InChI=1S/C16H14N2O3/c1-20-13-8-5-9-14(21-2)15(13)16(19)18-10-17-11-6-3-4-7-12(11)18/h3-10H,1-2H3. The predicted molar refractivity (Wildman–Crippen MR) is 79.0 cm³/mol. The van der Waals surface area contributed by atoms with Gasteiger partial charge in [0.2, 0.25) is 0 Å². The smallest absolute Gasteiger partial charge is 0.271 e. The molecule has 0 radical (unpaired) electrons. The number of carbonyl (C=O) groups excluding carboxylic acids is 1. The van der Waals surface area contributed by atoms with Gasteiger partial charge in [0, 0.05) is 0 Å². The second kappa shape index (κ2) is 5.28. The van der Waals surface area contributed by atoms with Gasteiger partial charge in [-0.2, -0.15) is 0 Å². The minimum Gasteiger partial charge on any atom is -0.496 e. The van der Waals surface area contributed by atoms with Gasteiger partial charge >= 0.3 is 0 Å². The number of ether oxygens (including phenoxy) is 2. The first-order chi connectivity index (χ1) is 10.3. The molecule has 1 heterocycles. The summed E-state index contributed by atoms with van der Waals surface area (Å²) in [5.74, 6) is 0.701. The fraction of sp³-hybridized carbons (Fsp3) is 0.125. The Balaban J connectivity index is 2.19. The Labute approximate surface area is 121 Å². The van der Waals surface area contributed by atoms with Crippen molar-refractivity contribution in [3.05, 3.63) is 54.4 Å². The van der Waals surface area contributed by atoms with Gasteiger partial charge < -0.3 is 9.47 Å². The first-order valence-corrected chi connectivity index (χ1v) is 6.44. The lowest BCUT2D eigenvalue weighted by molar-refractivity contribution is 0.0958. The minimum atomic E-state index is -0.238. The van der Waals surface area contributed by atoms with Gasteiger partial charge in [-0.05, 0) is 24.3 Å². The first kappa shape index (κ1) is 13.2.